The second-order valence-electron chi connectivity index (χ2n) is 5.39. The van der Waals surface area contributed by atoms with E-state index in [-0.39, 0.29) is 10.5 Å². The number of ether oxygens (including phenoxy) is 2. The Labute approximate surface area is 151 Å². The fraction of sp³-hybridized carbons (Fsp3) is 0.235. The molecular formula is C17H16ClNO5S. The van der Waals surface area contributed by atoms with E-state index in [1.54, 1.807) is 18.2 Å². The molecular weight excluding hydrogens is 366 g/mol. The molecule has 0 unspecified atom stereocenters. The fourth-order valence-corrected chi connectivity index (χ4v) is 4.05. The summed E-state index contributed by atoms with van der Waals surface area (Å²) in [6.45, 7) is 1.30. The summed E-state index contributed by atoms with van der Waals surface area (Å²) in [7, 11) is -3.67. The van der Waals surface area contributed by atoms with Crippen molar-refractivity contribution in [3.05, 3.63) is 59.1 Å². The van der Waals surface area contributed by atoms with E-state index in [9.17, 15) is 13.2 Å². The molecule has 1 aliphatic rings. The Morgan fingerprint density at radius 3 is 2.52 bits per heavy atom. The molecule has 8 heteroatoms. The summed E-state index contributed by atoms with van der Waals surface area (Å²) in [5.41, 5.74) is 0.148. The molecule has 2 aromatic carbocycles. The zero-order chi connectivity index (χ0) is 17.9. The normalized spacial score (nSPS) is 15.7. The first-order chi connectivity index (χ1) is 12.0. The number of hydrogen-bond acceptors (Lipinski definition) is 5. The fourth-order valence-electron chi connectivity index (χ4n) is 2.42. The minimum absolute atomic E-state index is 0.0509. The van der Waals surface area contributed by atoms with E-state index in [1.165, 1.54) is 34.6 Å². The van der Waals surface area contributed by atoms with Crippen LogP contribution in [0.1, 0.15) is 10.4 Å². The van der Waals surface area contributed by atoms with Crippen molar-refractivity contribution in [2.24, 2.45) is 0 Å². The Kier molecular flexibility index (Phi) is 5.39. The molecule has 1 saturated heterocycles. The van der Waals surface area contributed by atoms with Crippen LogP contribution in [0.3, 0.4) is 0 Å². The standard InChI is InChI=1S/C17H16ClNO5S/c18-14-4-2-5-15(12-14)24-17(20)13-3-1-6-16(11-13)25(21,22)19-7-9-23-10-8-19/h1-6,11-12H,7-10H2. The summed E-state index contributed by atoms with van der Waals surface area (Å²) in [6, 6.07) is 12.2. The molecule has 0 amide bonds. The van der Waals surface area contributed by atoms with Gasteiger partial charge in [0.2, 0.25) is 10.0 Å². The van der Waals surface area contributed by atoms with Crippen molar-refractivity contribution in [2.45, 2.75) is 4.90 Å². The monoisotopic (exact) mass is 381 g/mol. The van der Waals surface area contributed by atoms with Gasteiger partial charge in [-0.15, -0.1) is 0 Å². The quantitative estimate of drug-likeness (QED) is 0.601. The number of morpholine rings is 1. The molecule has 0 N–H and O–H groups in total. The molecule has 1 fully saturated rings. The van der Waals surface area contributed by atoms with Gasteiger partial charge in [0.15, 0.2) is 0 Å². The summed E-state index contributed by atoms with van der Waals surface area (Å²) in [5.74, 6) is -0.361. The van der Waals surface area contributed by atoms with Crippen molar-refractivity contribution >= 4 is 27.6 Å². The van der Waals surface area contributed by atoms with Crippen LogP contribution in [0.2, 0.25) is 5.02 Å². The van der Waals surface area contributed by atoms with E-state index in [0.717, 1.165) is 0 Å². The molecule has 1 aliphatic heterocycles. The number of rotatable bonds is 4. The van der Waals surface area contributed by atoms with E-state index < -0.39 is 16.0 Å². The maximum absolute atomic E-state index is 12.7. The van der Waals surface area contributed by atoms with E-state index in [1.807, 2.05) is 0 Å². The molecule has 25 heavy (non-hydrogen) atoms. The molecule has 0 aliphatic carbocycles. The first-order valence-corrected chi connectivity index (χ1v) is 9.44. The number of sulfonamides is 1. The maximum Gasteiger partial charge on any atom is 0.343 e. The predicted octanol–water partition coefficient (Wildman–Crippen LogP) is 2.58. The van der Waals surface area contributed by atoms with Crippen LogP contribution in [0.5, 0.6) is 5.75 Å². The van der Waals surface area contributed by atoms with Crippen LogP contribution in [-0.2, 0) is 14.8 Å². The Morgan fingerprint density at radius 2 is 1.80 bits per heavy atom. The summed E-state index contributed by atoms with van der Waals surface area (Å²) in [6.07, 6.45) is 0. The van der Waals surface area contributed by atoms with Gasteiger partial charge in [-0.1, -0.05) is 23.7 Å². The Hall–Kier alpha value is -1.93. The van der Waals surface area contributed by atoms with E-state index >= 15 is 0 Å². The van der Waals surface area contributed by atoms with Crippen LogP contribution < -0.4 is 4.74 Å². The molecule has 0 bridgehead atoms. The Morgan fingerprint density at radius 1 is 1.08 bits per heavy atom. The largest absolute Gasteiger partial charge is 0.423 e. The van der Waals surface area contributed by atoms with Gasteiger partial charge in [0.05, 0.1) is 23.7 Å². The first kappa shape index (κ1) is 17.9. The van der Waals surface area contributed by atoms with Gasteiger partial charge in [-0.05, 0) is 36.4 Å². The van der Waals surface area contributed by atoms with Crippen molar-refractivity contribution in [3.8, 4) is 5.75 Å². The van der Waals surface area contributed by atoms with Crippen molar-refractivity contribution in [1.82, 2.24) is 4.31 Å². The third-order valence-electron chi connectivity index (χ3n) is 3.68. The lowest BCUT2D eigenvalue weighted by atomic mass is 10.2. The minimum atomic E-state index is -3.67. The number of benzene rings is 2. The number of hydrogen-bond donors (Lipinski definition) is 0. The minimum Gasteiger partial charge on any atom is -0.423 e. The lowest BCUT2D eigenvalue weighted by molar-refractivity contribution is 0.0727. The lowest BCUT2D eigenvalue weighted by Crippen LogP contribution is -2.40. The highest BCUT2D eigenvalue weighted by Gasteiger charge is 2.27. The number of nitrogens with zero attached hydrogens (tertiary/aromatic N) is 1. The Balaban J connectivity index is 1.82. The average molecular weight is 382 g/mol. The smallest absolute Gasteiger partial charge is 0.343 e. The number of carbonyl (C=O) groups excluding carboxylic acids is 1. The number of halogens is 1. The average Bonchev–Trinajstić information content (AvgIpc) is 2.62. The first-order valence-electron chi connectivity index (χ1n) is 7.62. The van der Waals surface area contributed by atoms with Gasteiger partial charge in [0.1, 0.15) is 5.75 Å². The molecule has 0 radical (unpaired) electrons. The van der Waals surface area contributed by atoms with Gasteiger partial charge in [-0.3, -0.25) is 0 Å². The summed E-state index contributed by atoms with van der Waals surface area (Å²) < 4.78 is 37.1. The summed E-state index contributed by atoms with van der Waals surface area (Å²) in [4.78, 5) is 12.3. The zero-order valence-electron chi connectivity index (χ0n) is 13.2. The van der Waals surface area contributed by atoms with Crippen LogP contribution in [0.25, 0.3) is 0 Å². The van der Waals surface area contributed by atoms with Gasteiger partial charge in [0.25, 0.3) is 0 Å². The van der Waals surface area contributed by atoms with Crippen LogP contribution >= 0.6 is 11.6 Å². The molecule has 0 saturated carbocycles. The van der Waals surface area contributed by atoms with Crippen molar-refractivity contribution in [1.29, 1.82) is 0 Å². The second kappa shape index (κ2) is 7.53. The van der Waals surface area contributed by atoms with Crippen LogP contribution in [-0.4, -0.2) is 45.0 Å². The molecule has 132 valence electrons. The van der Waals surface area contributed by atoms with Crippen molar-refractivity contribution in [2.75, 3.05) is 26.3 Å². The van der Waals surface area contributed by atoms with E-state index in [0.29, 0.717) is 37.1 Å². The number of carbonyl (C=O) groups is 1. The molecule has 6 nitrogen and oxygen atoms in total. The van der Waals surface area contributed by atoms with Crippen LogP contribution in [0, 0.1) is 0 Å². The second-order valence-corrected chi connectivity index (χ2v) is 7.77. The van der Waals surface area contributed by atoms with E-state index in [4.69, 9.17) is 21.1 Å². The van der Waals surface area contributed by atoms with E-state index in [2.05, 4.69) is 0 Å². The topological polar surface area (TPSA) is 72.9 Å². The van der Waals surface area contributed by atoms with Gasteiger partial charge >= 0.3 is 5.97 Å². The molecule has 0 spiro atoms. The zero-order valence-corrected chi connectivity index (χ0v) is 14.8. The van der Waals surface area contributed by atoms with Gasteiger partial charge in [0, 0.05) is 18.1 Å². The molecule has 3 rings (SSSR count). The summed E-state index contributed by atoms with van der Waals surface area (Å²) >= 11 is 5.86. The highest BCUT2D eigenvalue weighted by atomic mass is 35.5. The third kappa shape index (κ3) is 4.19. The predicted molar refractivity (Wildman–Crippen MR) is 92.4 cm³/mol. The molecule has 1 heterocycles. The SMILES string of the molecule is O=C(Oc1cccc(Cl)c1)c1cccc(S(=O)(=O)N2CCOCC2)c1. The molecule has 0 atom stereocenters. The Bertz CT molecular complexity index is 878. The van der Waals surface area contributed by atoms with Crippen molar-refractivity contribution in [3.63, 3.8) is 0 Å². The maximum atomic E-state index is 12.7. The van der Waals surface area contributed by atoms with Crippen LogP contribution in [0.4, 0.5) is 0 Å². The van der Waals surface area contributed by atoms with Crippen LogP contribution in [0.15, 0.2) is 53.4 Å². The highest BCUT2D eigenvalue weighted by molar-refractivity contribution is 7.89. The molecule has 2 aromatic rings. The summed E-state index contributed by atoms with van der Waals surface area (Å²) in [5, 5.41) is 0.439. The third-order valence-corrected chi connectivity index (χ3v) is 5.81. The van der Waals surface area contributed by atoms with Gasteiger partial charge in [-0.2, -0.15) is 4.31 Å². The van der Waals surface area contributed by atoms with Crippen molar-refractivity contribution < 1.29 is 22.7 Å². The molecule has 0 aromatic heterocycles. The van der Waals surface area contributed by atoms with Gasteiger partial charge < -0.3 is 9.47 Å². The lowest BCUT2D eigenvalue weighted by Gasteiger charge is -2.26. The van der Waals surface area contributed by atoms with Gasteiger partial charge in [-0.25, -0.2) is 13.2 Å². The number of esters is 1. The highest BCUT2D eigenvalue weighted by Crippen LogP contribution is 2.21.